The maximum absolute atomic E-state index is 12.4. The smallest absolute Gasteiger partial charge is 0.335 e. The lowest BCUT2D eigenvalue weighted by molar-refractivity contribution is -0.117. The van der Waals surface area contributed by atoms with Gasteiger partial charge in [0.2, 0.25) is 0 Å². The summed E-state index contributed by atoms with van der Waals surface area (Å²) < 4.78 is 0. The first-order valence-electron chi connectivity index (χ1n) is 6.72. The van der Waals surface area contributed by atoms with Crippen molar-refractivity contribution >= 4 is 40.9 Å². The van der Waals surface area contributed by atoms with E-state index in [4.69, 9.17) is 5.11 Å². The Morgan fingerprint density at radius 1 is 1.17 bits per heavy atom. The second kappa shape index (κ2) is 5.69. The van der Waals surface area contributed by atoms with Crippen LogP contribution in [0.25, 0.3) is 6.08 Å². The van der Waals surface area contributed by atoms with Crippen LogP contribution < -0.4 is 10.4 Å². The fourth-order valence-electron chi connectivity index (χ4n) is 2.17. The summed E-state index contributed by atoms with van der Waals surface area (Å²) in [5, 5.41) is 10.00. The zero-order chi connectivity index (χ0) is 16.6. The molecule has 2 heterocycles. The highest BCUT2D eigenvalue weighted by Gasteiger charge is 2.34. The number of rotatable bonds is 3. The first kappa shape index (κ1) is 15.0. The molecule has 1 aromatic heterocycles. The number of amides is 2. The number of thiophene rings is 1. The number of carboxylic acids is 1. The molecule has 1 aliphatic rings. The highest BCUT2D eigenvalue weighted by molar-refractivity contribution is 7.12. The van der Waals surface area contributed by atoms with Crippen molar-refractivity contribution in [1.29, 1.82) is 0 Å². The maximum atomic E-state index is 12.4. The summed E-state index contributed by atoms with van der Waals surface area (Å²) in [6.07, 6.45) is 1.56. The monoisotopic (exact) mass is 328 g/mol. The normalized spacial score (nSPS) is 16.0. The highest BCUT2D eigenvalue weighted by atomic mass is 32.1. The Bertz CT molecular complexity index is 836. The van der Waals surface area contributed by atoms with Gasteiger partial charge in [0.05, 0.1) is 11.3 Å². The van der Waals surface area contributed by atoms with Crippen molar-refractivity contribution in [2.45, 2.75) is 6.92 Å². The fourth-order valence-corrected chi connectivity index (χ4v) is 2.99. The standard InChI is InChI=1S/C16H12N2O4S/c1-9-2-7-12(23-9)8-13-14(19)17-18(15(13)20)11-5-3-10(4-6-11)16(21)22/h2-8H,1H3,(H,17,19)(H,21,22)/b13-8-. The number of anilines is 1. The molecule has 3 rings (SSSR count). The Morgan fingerprint density at radius 2 is 1.87 bits per heavy atom. The van der Waals surface area contributed by atoms with Gasteiger partial charge in [-0.2, -0.15) is 0 Å². The number of hydrogen-bond donors (Lipinski definition) is 2. The van der Waals surface area contributed by atoms with Crippen LogP contribution in [0.4, 0.5) is 5.69 Å². The van der Waals surface area contributed by atoms with Crippen LogP contribution in [0.5, 0.6) is 0 Å². The van der Waals surface area contributed by atoms with E-state index in [1.165, 1.54) is 35.6 Å². The third-order valence-electron chi connectivity index (χ3n) is 3.31. The molecule has 1 fully saturated rings. The van der Waals surface area contributed by atoms with Crippen molar-refractivity contribution in [2.24, 2.45) is 0 Å². The SMILES string of the molecule is Cc1ccc(/C=C2/C(=O)NN(c3ccc(C(=O)O)cc3)C2=O)s1. The third kappa shape index (κ3) is 2.86. The fraction of sp³-hybridized carbons (Fsp3) is 0.0625. The molecule has 0 saturated carbocycles. The van der Waals surface area contributed by atoms with Crippen molar-refractivity contribution in [3.05, 3.63) is 57.3 Å². The Hall–Kier alpha value is -2.93. The number of nitrogens with zero attached hydrogens (tertiary/aromatic N) is 1. The molecule has 116 valence electrons. The second-order valence-corrected chi connectivity index (χ2v) is 6.26. The van der Waals surface area contributed by atoms with Crippen molar-refractivity contribution in [3.8, 4) is 0 Å². The molecule has 0 bridgehead atoms. The molecule has 0 atom stereocenters. The van der Waals surface area contributed by atoms with Crippen molar-refractivity contribution in [1.82, 2.24) is 5.43 Å². The number of aromatic carboxylic acids is 1. The van der Waals surface area contributed by atoms with Gasteiger partial charge in [-0.15, -0.1) is 11.3 Å². The van der Waals surface area contributed by atoms with Gasteiger partial charge < -0.3 is 5.11 Å². The molecule has 1 saturated heterocycles. The van der Waals surface area contributed by atoms with Crippen molar-refractivity contribution in [2.75, 3.05) is 5.01 Å². The number of aryl methyl sites for hydroxylation is 1. The summed E-state index contributed by atoms with van der Waals surface area (Å²) in [7, 11) is 0. The summed E-state index contributed by atoms with van der Waals surface area (Å²) in [4.78, 5) is 37.2. The third-order valence-corrected chi connectivity index (χ3v) is 4.26. The predicted molar refractivity (Wildman–Crippen MR) is 86.1 cm³/mol. The van der Waals surface area contributed by atoms with E-state index in [-0.39, 0.29) is 11.1 Å². The van der Waals surface area contributed by atoms with Crippen molar-refractivity contribution in [3.63, 3.8) is 0 Å². The average molecular weight is 328 g/mol. The number of nitrogens with one attached hydrogen (secondary N) is 1. The molecule has 0 unspecified atom stereocenters. The van der Waals surface area contributed by atoms with Gasteiger partial charge in [0.15, 0.2) is 0 Å². The number of carbonyl (C=O) groups is 3. The molecule has 1 aliphatic heterocycles. The van der Waals surface area contributed by atoms with E-state index in [9.17, 15) is 14.4 Å². The van der Waals surface area contributed by atoms with E-state index in [1.807, 2.05) is 19.1 Å². The number of hydrazine groups is 1. The van der Waals surface area contributed by atoms with Crippen LogP contribution in [-0.4, -0.2) is 22.9 Å². The van der Waals surface area contributed by atoms with E-state index >= 15 is 0 Å². The molecular weight excluding hydrogens is 316 g/mol. The largest absolute Gasteiger partial charge is 0.478 e. The van der Waals surface area contributed by atoms with Gasteiger partial charge in [0.1, 0.15) is 5.57 Å². The van der Waals surface area contributed by atoms with E-state index in [2.05, 4.69) is 5.43 Å². The summed E-state index contributed by atoms with van der Waals surface area (Å²) >= 11 is 1.49. The Morgan fingerprint density at radius 3 is 2.43 bits per heavy atom. The van der Waals surface area contributed by atoms with E-state index in [1.54, 1.807) is 6.08 Å². The van der Waals surface area contributed by atoms with Gasteiger partial charge in [-0.05, 0) is 49.4 Å². The summed E-state index contributed by atoms with van der Waals surface area (Å²) in [6, 6.07) is 9.46. The van der Waals surface area contributed by atoms with Gasteiger partial charge >= 0.3 is 5.97 Å². The van der Waals surface area contributed by atoms with Gasteiger partial charge in [-0.3, -0.25) is 15.0 Å². The van der Waals surface area contributed by atoms with Crippen LogP contribution >= 0.6 is 11.3 Å². The maximum Gasteiger partial charge on any atom is 0.335 e. The van der Waals surface area contributed by atoms with E-state index < -0.39 is 17.8 Å². The topological polar surface area (TPSA) is 86.7 Å². The van der Waals surface area contributed by atoms with Crippen LogP contribution in [0.15, 0.2) is 42.0 Å². The van der Waals surface area contributed by atoms with Crippen LogP contribution in [0.1, 0.15) is 20.1 Å². The number of benzene rings is 1. The van der Waals surface area contributed by atoms with Gasteiger partial charge in [0.25, 0.3) is 11.8 Å². The average Bonchev–Trinajstić information content (AvgIpc) is 3.05. The van der Waals surface area contributed by atoms with Crippen LogP contribution in [0, 0.1) is 6.92 Å². The van der Waals surface area contributed by atoms with Crippen molar-refractivity contribution < 1.29 is 19.5 Å². The Balaban J connectivity index is 1.89. The number of carbonyl (C=O) groups excluding carboxylic acids is 2. The summed E-state index contributed by atoms with van der Waals surface area (Å²) in [5.41, 5.74) is 3.04. The molecule has 7 heteroatoms. The molecule has 1 aromatic carbocycles. The zero-order valence-corrected chi connectivity index (χ0v) is 12.9. The second-order valence-electron chi connectivity index (χ2n) is 4.94. The summed E-state index contributed by atoms with van der Waals surface area (Å²) in [6.45, 7) is 1.94. The van der Waals surface area contributed by atoms with Gasteiger partial charge in [-0.25, -0.2) is 9.80 Å². The molecule has 2 N–H and O–H groups in total. The molecule has 0 radical (unpaired) electrons. The Kier molecular flexibility index (Phi) is 3.71. The van der Waals surface area contributed by atoms with Crippen LogP contribution in [0.3, 0.4) is 0 Å². The lowest BCUT2D eigenvalue weighted by atomic mass is 10.2. The molecule has 2 aromatic rings. The number of hydrogen-bond acceptors (Lipinski definition) is 4. The molecule has 0 spiro atoms. The molecule has 0 aliphatic carbocycles. The van der Waals surface area contributed by atoms with E-state index in [0.29, 0.717) is 5.69 Å². The lowest BCUT2D eigenvalue weighted by Crippen LogP contribution is -2.35. The van der Waals surface area contributed by atoms with Gasteiger partial charge in [-0.1, -0.05) is 0 Å². The lowest BCUT2D eigenvalue weighted by Gasteiger charge is -2.14. The molecule has 2 amide bonds. The Labute approximate surface area is 135 Å². The summed E-state index contributed by atoms with van der Waals surface area (Å²) in [5.74, 6) is -2.01. The molecular formula is C16H12N2O4S. The molecule has 6 nitrogen and oxygen atoms in total. The molecule has 23 heavy (non-hydrogen) atoms. The van der Waals surface area contributed by atoms with Gasteiger partial charge in [0, 0.05) is 9.75 Å². The minimum Gasteiger partial charge on any atom is -0.478 e. The minimum absolute atomic E-state index is 0.0501. The predicted octanol–water partition coefficient (Wildman–Crippen LogP) is 2.22. The van der Waals surface area contributed by atoms with E-state index in [0.717, 1.165) is 14.8 Å². The van der Waals surface area contributed by atoms with Crippen LogP contribution in [-0.2, 0) is 9.59 Å². The zero-order valence-electron chi connectivity index (χ0n) is 12.1. The first-order valence-corrected chi connectivity index (χ1v) is 7.54. The quantitative estimate of drug-likeness (QED) is 0.668. The first-order chi connectivity index (χ1) is 11.0. The highest BCUT2D eigenvalue weighted by Crippen LogP contribution is 2.24. The minimum atomic E-state index is -1.05. The number of carboxylic acid groups (broad SMARTS) is 1. The van der Waals surface area contributed by atoms with Crippen LogP contribution in [0.2, 0.25) is 0 Å².